The van der Waals surface area contributed by atoms with Crippen LogP contribution in [0.15, 0.2) is 24.5 Å². The molecule has 1 atom stereocenters. The topological polar surface area (TPSA) is 17.0 Å². The van der Waals surface area contributed by atoms with Crippen LogP contribution < -0.4 is 5.43 Å². The molecule has 0 spiro atoms. The summed E-state index contributed by atoms with van der Waals surface area (Å²) >= 11 is 0. The van der Waals surface area contributed by atoms with Gasteiger partial charge in [-0.3, -0.25) is 4.68 Å². The molecule has 1 unspecified atom stereocenters. The molecule has 1 aromatic heterocycles. The summed E-state index contributed by atoms with van der Waals surface area (Å²) in [4.78, 5) is 0. The second-order valence-corrected chi connectivity index (χ2v) is 3.25. The zero-order valence-corrected chi connectivity index (χ0v) is 7.41. The van der Waals surface area contributed by atoms with Gasteiger partial charge in [0.1, 0.15) is 0 Å². The molecule has 0 radical (unpaired) electrons. The van der Waals surface area contributed by atoms with E-state index in [-0.39, 0.29) is 0 Å². The third kappa shape index (κ3) is 2.30. The van der Waals surface area contributed by atoms with Crippen LogP contribution in [0.4, 0.5) is 0 Å². The molecule has 1 aromatic rings. The highest BCUT2D eigenvalue weighted by atomic mass is 15.4. The van der Waals surface area contributed by atoms with E-state index >= 15 is 0 Å². The smallest absolute Gasteiger partial charge is 0.0419 e. The van der Waals surface area contributed by atoms with Gasteiger partial charge < -0.3 is 5.43 Å². The number of hydrogen-bond donors (Lipinski definition) is 1. The van der Waals surface area contributed by atoms with Gasteiger partial charge >= 0.3 is 0 Å². The minimum absolute atomic E-state index is 0.516. The van der Waals surface area contributed by atoms with E-state index in [1.165, 1.54) is 0 Å². The summed E-state index contributed by atoms with van der Waals surface area (Å²) in [6.07, 6.45) is 4.03. The van der Waals surface area contributed by atoms with Gasteiger partial charge in [0.2, 0.25) is 0 Å². The fourth-order valence-corrected chi connectivity index (χ4v) is 0.805. The fraction of sp³-hybridized carbons (Fsp3) is 0.556. The molecule has 62 valence electrons. The van der Waals surface area contributed by atoms with Gasteiger partial charge in [0, 0.05) is 18.4 Å². The van der Waals surface area contributed by atoms with Crippen molar-refractivity contribution in [1.82, 2.24) is 4.68 Å². The highest BCUT2D eigenvalue weighted by Crippen LogP contribution is 2.01. The van der Waals surface area contributed by atoms with Crippen molar-refractivity contribution in [3.8, 4) is 0 Å². The van der Waals surface area contributed by atoms with Crippen LogP contribution in [0.1, 0.15) is 20.8 Å². The predicted molar refractivity (Wildman–Crippen MR) is 48.1 cm³/mol. The van der Waals surface area contributed by atoms with Crippen LogP contribution in [-0.4, -0.2) is 10.7 Å². The average Bonchev–Trinajstić information content (AvgIpc) is 2.39. The number of nitrogens with one attached hydrogen (secondary N) is 1. The van der Waals surface area contributed by atoms with Crippen LogP contribution in [0.25, 0.3) is 0 Å². The summed E-state index contributed by atoms with van der Waals surface area (Å²) in [5.41, 5.74) is 3.34. The van der Waals surface area contributed by atoms with Crippen LogP contribution in [0, 0.1) is 5.92 Å². The molecule has 0 fully saturated rings. The Balaban J connectivity index is 2.43. The minimum atomic E-state index is 0.516. The molecule has 2 nitrogen and oxygen atoms in total. The van der Waals surface area contributed by atoms with Gasteiger partial charge in [0.05, 0.1) is 0 Å². The van der Waals surface area contributed by atoms with Gasteiger partial charge in [-0.25, -0.2) is 0 Å². The third-order valence-corrected chi connectivity index (χ3v) is 1.96. The molecule has 1 rings (SSSR count). The Labute approximate surface area is 68.2 Å². The van der Waals surface area contributed by atoms with Crippen molar-refractivity contribution in [2.75, 3.05) is 5.43 Å². The Morgan fingerprint density at radius 2 is 1.64 bits per heavy atom. The summed E-state index contributed by atoms with van der Waals surface area (Å²) < 4.78 is 1.99. The quantitative estimate of drug-likeness (QED) is 0.701. The van der Waals surface area contributed by atoms with Crippen LogP contribution in [-0.2, 0) is 0 Å². The van der Waals surface area contributed by atoms with Gasteiger partial charge in [0.25, 0.3) is 0 Å². The van der Waals surface area contributed by atoms with Gasteiger partial charge in [-0.1, -0.05) is 13.8 Å². The number of hydrogen-bond acceptors (Lipinski definition) is 1. The maximum absolute atomic E-state index is 3.34. The van der Waals surface area contributed by atoms with E-state index in [4.69, 9.17) is 0 Å². The fourth-order valence-electron chi connectivity index (χ4n) is 0.805. The highest BCUT2D eigenvalue weighted by molar-refractivity contribution is 4.94. The second-order valence-electron chi connectivity index (χ2n) is 3.25. The lowest BCUT2D eigenvalue weighted by Gasteiger charge is -2.19. The van der Waals surface area contributed by atoms with Gasteiger partial charge in [-0.2, -0.15) is 0 Å². The molecular formula is C9H16N2. The van der Waals surface area contributed by atoms with Crippen molar-refractivity contribution in [3.05, 3.63) is 24.5 Å². The van der Waals surface area contributed by atoms with Crippen LogP contribution in [0.5, 0.6) is 0 Å². The van der Waals surface area contributed by atoms with E-state index in [2.05, 4.69) is 26.2 Å². The van der Waals surface area contributed by atoms with Gasteiger partial charge in [0.15, 0.2) is 0 Å². The zero-order chi connectivity index (χ0) is 8.27. The lowest BCUT2D eigenvalue weighted by atomic mass is 10.1. The van der Waals surface area contributed by atoms with Gasteiger partial charge in [-0.05, 0) is 25.0 Å². The van der Waals surface area contributed by atoms with Crippen LogP contribution in [0.2, 0.25) is 0 Å². The Morgan fingerprint density at radius 3 is 2.09 bits per heavy atom. The molecule has 0 aliphatic rings. The molecule has 11 heavy (non-hydrogen) atoms. The number of nitrogens with zero attached hydrogens (tertiary/aromatic N) is 1. The summed E-state index contributed by atoms with van der Waals surface area (Å²) in [6, 6.07) is 4.54. The first-order chi connectivity index (χ1) is 5.20. The first-order valence-electron chi connectivity index (χ1n) is 4.09. The lowest BCUT2D eigenvalue weighted by molar-refractivity contribution is 0.518. The maximum atomic E-state index is 3.34. The Hall–Kier alpha value is -0.920. The molecule has 0 saturated carbocycles. The second kappa shape index (κ2) is 3.46. The van der Waals surface area contributed by atoms with Crippen molar-refractivity contribution < 1.29 is 0 Å². The average molecular weight is 152 g/mol. The monoisotopic (exact) mass is 152 g/mol. The molecule has 1 heterocycles. The first-order valence-corrected chi connectivity index (χ1v) is 4.09. The number of aromatic nitrogens is 1. The lowest BCUT2D eigenvalue weighted by Crippen LogP contribution is -2.28. The largest absolute Gasteiger partial charge is 0.323 e. The van der Waals surface area contributed by atoms with Crippen molar-refractivity contribution in [2.45, 2.75) is 26.8 Å². The molecule has 0 amide bonds. The molecule has 0 aliphatic carbocycles. The molecule has 0 aliphatic heterocycles. The Morgan fingerprint density at radius 1 is 1.09 bits per heavy atom. The maximum Gasteiger partial charge on any atom is 0.0419 e. The van der Waals surface area contributed by atoms with Crippen molar-refractivity contribution in [3.63, 3.8) is 0 Å². The van der Waals surface area contributed by atoms with E-state index in [1.54, 1.807) is 0 Å². The molecule has 1 N–H and O–H groups in total. The van der Waals surface area contributed by atoms with Crippen molar-refractivity contribution >= 4 is 0 Å². The standard InChI is InChI=1S/C9H16N2/c1-8(2)9(3)10-11-6-4-5-7-11/h4-10H,1-3H3. The van der Waals surface area contributed by atoms with E-state index in [0.717, 1.165) is 0 Å². The normalized spacial score (nSPS) is 13.5. The zero-order valence-electron chi connectivity index (χ0n) is 7.41. The van der Waals surface area contributed by atoms with E-state index in [9.17, 15) is 0 Å². The van der Waals surface area contributed by atoms with Crippen LogP contribution >= 0.6 is 0 Å². The van der Waals surface area contributed by atoms with Crippen molar-refractivity contribution in [1.29, 1.82) is 0 Å². The Bertz CT molecular complexity index is 189. The van der Waals surface area contributed by atoms with E-state index in [0.29, 0.717) is 12.0 Å². The minimum Gasteiger partial charge on any atom is -0.323 e. The summed E-state index contributed by atoms with van der Waals surface area (Å²) in [5.74, 6) is 0.664. The third-order valence-electron chi connectivity index (χ3n) is 1.96. The number of rotatable bonds is 3. The Kier molecular flexibility index (Phi) is 2.58. The molecule has 0 bridgehead atoms. The predicted octanol–water partition coefficient (Wildman–Crippen LogP) is 2.08. The molecular weight excluding hydrogens is 136 g/mol. The van der Waals surface area contributed by atoms with E-state index in [1.807, 2.05) is 29.2 Å². The first kappa shape index (κ1) is 8.18. The summed E-state index contributed by atoms with van der Waals surface area (Å²) in [5, 5.41) is 0. The molecule has 2 heteroatoms. The summed E-state index contributed by atoms with van der Waals surface area (Å²) in [7, 11) is 0. The molecule has 0 saturated heterocycles. The SMILES string of the molecule is CC(C)C(C)Nn1cccc1. The highest BCUT2D eigenvalue weighted by Gasteiger charge is 2.04. The van der Waals surface area contributed by atoms with Crippen LogP contribution in [0.3, 0.4) is 0 Å². The summed E-state index contributed by atoms with van der Waals surface area (Å²) in [6.45, 7) is 6.60. The molecule has 0 aromatic carbocycles. The van der Waals surface area contributed by atoms with Crippen molar-refractivity contribution in [2.24, 2.45) is 5.92 Å². The van der Waals surface area contributed by atoms with E-state index < -0.39 is 0 Å². The van der Waals surface area contributed by atoms with Gasteiger partial charge in [-0.15, -0.1) is 0 Å².